The molecule has 2 aromatic rings. The number of amides is 2. The van der Waals surface area contributed by atoms with Crippen LogP contribution in [0.25, 0.3) is 0 Å². The highest BCUT2D eigenvalue weighted by atomic mass is 19.1. The highest BCUT2D eigenvalue weighted by Gasteiger charge is 2.38. The molecule has 2 amide bonds. The first-order chi connectivity index (χ1) is 13.5. The van der Waals surface area contributed by atoms with Gasteiger partial charge < -0.3 is 14.7 Å². The summed E-state index contributed by atoms with van der Waals surface area (Å²) in [6, 6.07) is 9.77. The Hall–Kier alpha value is -3.42. The molecule has 7 nitrogen and oxygen atoms in total. The Morgan fingerprint density at radius 3 is 2.64 bits per heavy atom. The number of fused-ring (bicyclic) bond motifs is 3. The van der Waals surface area contributed by atoms with Gasteiger partial charge in [0.15, 0.2) is 0 Å². The molecule has 0 spiro atoms. The number of carbonyl (C=O) groups excluding carboxylic acids is 2. The molecule has 4 rings (SSSR count). The van der Waals surface area contributed by atoms with Crippen LogP contribution in [0.3, 0.4) is 0 Å². The van der Waals surface area contributed by atoms with Crippen LogP contribution in [-0.4, -0.2) is 47.2 Å². The molecule has 1 N–H and O–H groups in total. The zero-order valence-electron chi connectivity index (χ0n) is 14.8. The van der Waals surface area contributed by atoms with Crippen LogP contribution in [0.15, 0.2) is 42.5 Å². The SMILES string of the molecule is O=C(O)c1ccccc1C(=O)N1CC[C@H]2COC(=O)N2c2cc(F)ccc2C1. The van der Waals surface area contributed by atoms with Crippen LogP contribution in [0.4, 0.5) is 14.9 Å². The van der Waals surface area contributed by atoms with Crippen molar-refractivity contribution in [2.75, 3.05) is 18.1 Å². The number of carboxylic acids is 1. The van der Waals surface area contributed by atoms with Crippen molar-refractivity contribution in [3.8, 4) is 0 Å². The molecule has 0 radical (unpaired) electrons. The molecular formula is C20H17FN2O5. The lowest BCUT2D eigenvalue weighted by atomic mass is 10.0. The number of halogens is 1. The van der Waals surface area contributed by atoms with E-state index in [2.05, 4.69) is 0 Å². The van der Waals surface area contributed by atoms with Crippen molar-refractivity contribution in [2.24, 2.45) is 0 Å². The number of carbonyl (C=O) groups is 3. The summed E-state index contributed by atoms with van der Waals surface area (Å²) in [5, 5.41) is 9.38. The van der Waals surface area contributed by atoms with Crippen LogP contribution in [-0.2, 0) is 11.3 Å². The maximum atomic E-state index is 13.9. The van der Waals surface area contributed by atoms with E-state index in [0.717, 1.165) is 0 Å². The van der Waals surface area contributed by atoms with E-state index in [1.165, 1.54) is 40.1 Å². The van der Waals surface area contributed by atoms with Gasteiger partial charge in [-0.05, 0) is 36.2 Å². The minimum absolute atomic E-state index is 0.0742. The van der Waals surface area contributed by atoms with Crippen molar-refractivity contribution < 1.29 is 28.6 Å². The van der Waals surface area contributed by atoms with Gasteiger partial charge in [0, 0.05) is 13.1 Å². The number of cyclic esters (lactones) is 1. The summed E-state index contributed by atoms with van der Waals surface area (Å²) in [4.78, 5) is 39.7. The van der Waals surface area contributed by atoms with Crippen molar-refractivity contribution in [1.82, 2.24) is 4.90 Å². The Morgan fingerprint density at radius 2 is 1.89 bits per heavy atom. The van der Waals surface area contributed by atoms with Crippen LogP contribution in [0, 0.1) is 5.82 Å². The average molecular weight is 384 g/mol. The van der Waals surface area contributed by atoms with Crippen LogP contribution in [0.2, 0.25) is 0 Å². The Labute approximate surface area is 159 Å². The Bertz CT molecular complexity index is 977. The zero-order chi connectivity index (χ0) is 19.8. The second-order valence-electron chi connectivity index (χ2n) is 6.74. The third kappa shape index (κ3) is 3.06. The van der Waals surface area contributed by atoms with E-state index in [9.17, 15) is 23.9 Å². The van der Waals surface area contributed by atoms with Crippen LogP contribution in [0.5, 0.6) is 0 Å². The van der Waals surface area contributed by atoms with Gasteiger partial charge in [0.25, 0.3) is 5.91 Å². The fourth-order valence-corrected chi connectivity index (χ4v) is 3.65. The van der Waals surface area contributed by atoms with Gasteiger partial charge in [-0.25, -0.2) is 14.0 Å². The van der Waals surface area contributed by atoms with E-state index in [1.807, 2.05) is 0 Å². The van der Waals surface area contributed by atoms with Crippen molar-refractivity contribution >= 4 is 23.7 Å². The molecule has 144 valence electrons. The Balaban J connectivity index is 1.73. The number of ether oxygens (including phenoxy) is 1. The van der Waals surface area contributed by atoms with Crippen molar-refractivity contribution in [2.45, 2.75) is 19.0 Å². The number of hydrogen-bond donors (Lipinski definition) is 1. The molecule has 0 saturated carbocycles. The molecule has 0 unspecified atom stereocenters. The van der Waals surface area contributed by atoms with E-state index >= 15 is 0 Å². The third-order valence-corrected chi connectivity index (χ3v) is 5.04. The lowest BCUT2D eigenvalue weighted by Crippen LogP contribution is -2.42. The largest absolute Gasteiger partial charge is 0.478 e. The van der Waals surface area contributed by atoms with Crippen molar-refractivity contribution in [3.05, 3.63) is 65.0 Å². The molecule has 0 aliphatic carbocycles. The summed E-state index contributed by atoms with van der Waals surface area (Å²) in [7, 11) is 0. The summed E-state index contributed by atoms with van der Waals surface area (Å²) in [5.74, 6) is -2.10. The van der Waals surface area contributed by atoms with Gasteiger partial charge in [0.05, 0.1) is 22.9 Å². The van der Waals surface area contributed by atoms with Gasteiger partial charge >= 0.3 is 12.1 Å². The number of nitrogens with zero attached hydrogens (tertiary/aromatic N) is 2. The Kier molecular flexibility index (Phi) is 4.46. The molecule has 2 aromatic carbocycles. The molecular weight excluding hydrogens is 367 g/mol. The highest BCUT2D eigenvalue weighted by molar-refractivity contribution is 6.04. The van der Waals surface area contributed by atoms with E-state index in [4.69, 9.17) is 4.74 Å². The molecule has 2 heterocycles. The van der Waals surface area contributed by atoms with Gasteiger partial charge in [-0.3, -0.25) is 9.69 Å². The topological polar surface area (TPSA) is 87.1 Å². The highest BCUT2D eigenvalue weighted by Crippen LogP contribution is 2.32. The average Bonchev–Trinajstić information content (AvgIpc) is 3.03. The first kappa shape index (κ1) is 18.0. The molecule has 1 fully saturated rings. The lowest BCUT2D eigenvalue weighted by molar-refractivity contribution is 0.0669. The van der Waals surface area contributed by atoms with E-state index < -0.39 is 23.8 Å². The molecule has 8 heteroatoms. The number of carboxylic acid groups (broad SMARTS) is 1. The van der Waals surface area contributed by atoms with Crippen LogP contribution >= 0.6 is 0 Å². The minimum atomic E-state index is -1.18. The lowest BCUT2D eigenvalue weighted by Gasteiger charge is -2.32. The van der Waals surface area contributed by atoms with Gasteiger partial charge in [0.1, 0.15) is 12.4 Å². The van der Waals surface area contributed by atoms with Crippen LogP contribution < -0.4 is 4.90 Å². The fraction of sp³-hybridized carbons (Fsp3) is 0.250. The number of benzene rings is 2. The maximum Gasteiger partial charge on any atom is 0.414 e. The van der Waals surface area contributed by atoms with Crippen molar-refractivity contribution in [3.63, 3.8) is 0 Å². The molecule has 2 aliphatic heterocycles. The molecule has 1 atom stereocenters. The summed E-state index contributed by atoms with van der Waals surface area (Å²) in [6.45, 7) is 0.586. The number of rotatable bonds is 2. The van der Waals surface area contributed by atoms with E-state index in [1.54, 1.807) is 12.1 Å². The summed E-state index contributed by atoms with van der Waals surface area (Å²) < 4.78 is 19.0. The minimum Gasteiger partial charge on any atom is -0.478 e. The predicted octanol–water partition coefficient (Wildman–Crippen LogP) is 2.90. The standard InChI is InChI=1S/C20H17FN2O5/c21-13-6-5-12-10-22(18(24)15-3-1-2-4-16(15)19(25)26)8-7-14-11-28-20(27)23(14)17(12)9-13/h1-6,9,14H,7-8,10-11H2,(H,25,26)/t14-/m0/s1. The second-order valence-corrected chi connectivity index (χ2v) is 6.74. The van der Waals surface area contributed by atoms with Gasteiger partial charge in [-0.15, -0.1) is 0 Å². The van der Waals surface area contributed by atoms with Crippen molar-refractivity contribution in [1.29, 1.82) is 0 Å². The maximum absolute atomic E-state index is 13.9. The second kappa shape index (κ2) is 6.95. The van der Waals surface area contributed by atoms with Crippen LogP contribution in [0.1, 0.15) is 32.7 Å². The molecule has 0 aromatic heterocycles. The predicted molar refractivity (Wildman–Crippen MR) is 96.8 cm³/mol. The fourth-order valence-electron chi connectivity index (χ4n) is 3.65. The van der Waals surface area contributed by atoms with Gasteiger partial charge in [-0.2, -0.15) is 0 Å². The summed E-state index contributed by atoms with van der Waals surface area (Å²) in [5.41, 5.74) is 0.979. The molecule has 28 heavy (non-hydrogen) atoms. The van der Waals surface area contributed by atoms with Gasteiger partial charge in [0.2, 0.25) is 0 Å². The third-order valence-electron chi connectivity index (χ3n) is 5.04. The molecule has 1 saturated heterocycles. The zero-order valence-corrected chi connectivity index (χ0v) is 14.8. The van der Waals surface area contributed by atoms with E-state index in [0.29, 0.717) is 24.2 Å². The number of hydrogen-bond acceptors (Lipinski definition) is 4. The smallest absolute Gasteiger partial charge is 0.414 e. The first-order valence-corrected chi connectivity index (χ1v) is 8.81. The Morgan fingerprint density at radius 1 is 1.14 bits per heavy atom. The van der Waals surface area contributed by atoms with Gasteiger partial charge in [-0.1, -0.05) is 18.2 Å². The summed E-state index contributed by atoms with van der Waals surface area (Å²) >= 11 is 0. The van der Waals surface area contributed by atoms with E-state index in [-0.39, 0.29) is 30.3 Å². The monoisotopic (exact) mass is 384 g/mol. The summed E-state index contributed by atoms with van der Waals surface area (Å²) in [6.07, 6.45) is -0.101. The number of aromatic carboxylic acids is 1. The quantitative estimate of drug-likeness (QED) is 0.860. The first-order valence-electron chi connectivity index (χ1n) is 8.81. The number of anilines is 1. The normalized spacial score (nSPS) is 18.6. The molecule has 2 aliphatic rings. The molecule has 0 bridgehead atoms.